The minimum atomic E-state index is 0.162. The number of hydrogen-bond acceptors (Lipinski definition) is 3. The fraction of sp³-hybridized carbons (Fsp3) is 0.286. The lowest BCUT2D eigenvalue weighted by molar-refractivity contribution is 0.694. The van der Waals surface area contributed by atoms with Crippen molar-refractivity contribution in [2.45, 2.75) is 6.17 Å². The Morgan fingerprint density at radius 2 is 2.50 bits per heavy atom. The van der Waals surface area contributed by atoms with Gasteiger partial charge >= 0.3 is 0 Å². The SMILES string of the molecule is C1=CC=C2NCNC2N=C1. The number of fused-ring (bicyclic) bond motifs is 1. The van der Waals surface area contributed by atoms with Crippen LogP contribution in [0.25, 0.3) is 0 Å². The third-order valence-corrected chi connectivity index (χ3v) is 1.59. The fourth-order valence-electron chi connectivity index (χ4n) is 1.08. The first-order chi connectivity index (χ1) is 4.97. The number of hydrogen-bond donors (Lipinski definition) is 2. The summed E-state index contributed by atoms with van der Waals surface area (Å²) in [6.07, 6.45) is 7.93. The predicted octanol–water partition coefficient (Wildman–Crippen LogP) is -0.0127. The lowest BCUT2D eigenvalue weighted by Gasteiger charge is -2.01. The summed E-state index contributed by atoms with van der Waals surface area (Å²) >= 11 is 0. The maximum atomic E-state index is 4.23. The van der Waals surface area contributed by atoms with E-state index in [0.717, 1.165) is 12.4 Å². The smallest absolute Gasteiger partial charge is 0.141 e. The van der Waals surface area contributed by atoms with Gasteiger partial charge in [0.15, 0.2) is 0 Å². The molecular formula is C7H9N3. The highest BCUT2D eigenvalue weighted by Gasteiger charge is 2.16. The van der Waals surface area contributed by atoms with Gasteiger partial charge in [0.05, 0.1) is 12.4 Å². The zero-order chi connectivity index (χ0) is 6.81. The molecule has 0 bridgehead atoms. The van der Waals surface area contributed by atoms with Crippen molar-refractivity contribution in [1.29, 1.82) is 0 Å². The van der Waals surface area contributed by atoms with E-state index < -0.39 is 0 Å². The summed E-state index contributed by atoms with van der Waals surface area (Å²) in [6, 6.07) is 0. The van der Waals surface area contributed by atoms with E-state index in [0.29, 0.717) is 0 Å². The second-order valence-electron chi connectivity index (χ2n) is 2.27. The minimum absolute atomic E-state index is 0.162. The molecule has 3 heteroatoms. The van der Waals surface area contributed by atoms with Crippen LogP contribution in [0.2, 0.25) is 0 Å². The molecule has 0 spiro atoms. The molecule has 1 atom stereocenters. The highest BCUT2D eigenvalue weighted by atomic mass is 15.2. The normalized spacial score (nSPS) is 28.8. The molecule has 2 heterocycles. The van der Waals surface area contributed by atoms with Crippen molar-refractivity contribution in [1.82, 2.24) is 10.6 Å². The molecule has 2 aliphatic heterocycles. The van der Waals surface area contributed by atoms with Gasteiger partial charge < -0.3 is 5.32 Å². The first kappa shape index (κ1) is 5.68. The van der Waals surface area contributed by atoms with Crippen molar-refractivity contribution in [3.63, 3.8) is 0 Å². The Hall–Kier alpha value is -1.09. The van der Waals surface area contributed by atoms with Gasteiger partial charge in [0, 0.05) is 6.21 Å². The van der Waals surface area contributed by atoms with Crippen LogP contribution in [0.3, 0.4) is 0 Å². The largest absolute Gasteiger partial charge is 0.373 e. The molecule has 2 rings (SSSR count). The summed E-state index contributed by atoms with van der Waals surface area (Å²) in [5, 5.41) is 6.36. The van der Waals surface area contributed by atoms with Gasteiger partial charge in [0.2, 0.25) is 0 Å². The minimum Gasteiger partial charge on any atom is -0.373 e. The second kappa shape index (κ2) is 2.27. The summed E-state index contributed by atoms with van der Waals surface area (Å²) in [5.41, 5.74) is 1.16. The van der Waals surface area contributed by atoms with Gasteiger partial charge in [0.25, 0.3) is 0 Å². The maximum Gasteiger partial charge on any atom is 0.141 e. The van der Waals surface area contributed by atoms with Crippen molar-refractivity contribution >= 4 is 6.21 Å². The van der Waals surface area contributed by atoms with Crippen LogP contribution in [0.15, 0.2) is 28.9 Å². The molecule has 52 valence electrons. The van der Waals surface area contributed by atoms with E-state index in [1.54, 1.807) is 0 Å². The van der Waals surface area contributed by atoms with Gasteiger partial charge in [-0.1, -0.05) is 6.08 Å². The van der Waals surface area contributed by atoms with E-state index in [-0.39, 0.29) is 6.17 Å². The van der Waals surface area contributed by atoms with E-state index in [1.807, 2.05) is 24.4 Å². The molecule has 0 aromatic rings. The zero-order valence-electron chi connectivity index (χ0n) is 5.54. The summed E-state index contributed by atoms with van der Waals surface area (Å²) in [6.45, 7) is 0.821. The summed E-state index contributed by atoms with van der Waals surface area (Å²) in [4.78, 5) is 4.23. The third kappa shape index (κ3) is 0.844. The molecule has 2 aliphatic rings. The van der Waals surface area contributed by atoms with Gasteiger partial charge in [-0.25, -0.2) is 0 Å². The lowest BCUT2D eigenvalue weighted by atomic mass is 10.3. The summed E-state index contributed by atoms with van der Waals surface area (Å²) in [5.74, 6) is 0. The molecule has 3 nitrogen and oxygen atoms in total. The van der Waals surface area contributed by atoms with Crippen LogP contribution >= 0.6 is 0 Å². The van der Waals surface area contributed by atoms with Crippen LogP contribution in [0.1, 0.15) is 0 Å². The Balaban J connectivity index is 2.29. The molecule has 0 aromatic carbocycles. The number of nitrogens with zero attached hydrogens (tertiary/aromatic N) is 1. The molecule has 0 saturated carbocycles. The number of rotatable bonds is 0. The quantitative estimate of drug-likeness (QED) is 0.490. The Bertz CT molecular complexity index is 215. The first-order valence-electron chi connectivity index (χ1n) is 3.34. The van der Waals surface area contributed by atoms with E-state index in [1.165, 1.54) is 0 Å². The van der Waals surface area contributed by atoms with Crippen LogP contribution < -0.4 is 10.6 Å². The van der Waals surface area contributed by atoms with Crippen molar-refractivity contribution in [2.24, 2.45) is 4.99 Å². The lowest BCUT2D eigenvalue weighted by Crippen LogP contribution is -2.19. The molecule has 2 N–H and O–H groups in total. The number of allylic oxidation sites excluding steroid dienone is 3. The molecule has 0 radical (unpaired) electrons. The highest BCUT2D eigenvalue weighted by molar-refractivity contribution is 5.72. The van der Waals surface area contributed by atoms with Crippen LogP contribution in [0.4, 0.5) is 0 Å². The highest BCUT2D eigenvalue weighted by Crippen LogP contribution is 2.06. The first-order valence-corrected chi connectivity index (χ1v) is 3.34. The van der Waals surface area contributed by atoms with Crippen molar-refractivity contribution in [3.8, 4) is 0 Å². The molecular weight excluding hydrogens is 126 g/mol. The maximum absolute atomic E-state index is 4.23. The zero-order valence-corrected chi connectivity index (χ0v) is 5.54. The second-order valence-corrected chi connectivity index (χ2v) is 2.27. The van der Waals surface area contributed by atoms with E-state index in [9.17, 15) is 0 Å². The standard InChI is InChI=1S/C7H9N3/c1-2-4-8-7-6(3-1)9-5-10-7/h1-4,7,9-10H,5H2. The van der Waals surface area contributed by atoms with Gasteiger partial charge in [-0.3, -0.25) is 10.3 Å². The van der Waals surface area contributed by atoms with Crippen LogP contribution in [0, 0.1) is 0 Å². The van der Waals surface area contributed by atoms with E-state index in [4.69, 9.17) is 0 Å². The number of nitrogens with one attached hydrogen (secondary N) is 2. The average molecular weight is 135 g/mol. The van der Waals surface area contributed by atoms with Crippen molar-refractivity contribution in [3.05, 3.63) is 23.9 Å². The van der Waals surface area contributed by atoms with Gasteiger partial charge in [0.1, 0.15) is 6.17 Å². The Labute approximate surface area is 59.5 Å². The molecule has 1 unspecified atom stereocenters. The van der Waals surface area contributed by atoms with Crippen LogP contribution in [-0.4, -0.2) is 19.0 Å². The van der Waals surface area contributed by atoms with E-state index >= 15 is 0 Å². The Morgan fingerprint density at radius 1 is 1.50 bits per heavy atom. The van der Waals surface area contributed by atoms with Crippen molar-refractivity contribution < 1.29 is 0 Å². The van der Waals surface area contributed by atoms with Crippen molar-refractivity contribution in [2.75, 3.05) is 6.67 Å². The van der Waals surface area contributed by atoms with Gasteiger partial charge in [-0.05, 0) is 12.2 Å². The van der Waals surface area contributed by atoms with E-state index in [2.05, 4.69) is 15.6 Å². The molecule has 1 saturated heterocycles. The fourth-order valence-corrected chi connectivity index (χ4v) is 1.08. The molecule has 0 aliphatic carbocycles. The predicted molar refractivity (Wildman–Crippen MR) is 40.6 cm³/mol. The third-order valence-electron chi connectivity index (χ3n) is 1.59. The van der Waals surface area contributed by atoms with Crippen LogP contribution in [0.5, 0.6) is 0 Å². The Morgan fingerprint density at radius 3 is 3.50 bits per heavy atom. The molecule has 1 fully saturated rings. The monoisotopic (exact) mass is 135 g/mol. The summed E-state index contributed by atoms with van der Waals surface area (Å²) < 4.78 is 0. The molecule has 0 aromatic heterocycles. The van der Waals surface area contributed by atoms with Gasteiger partial charge in [-0.2, -0.15) is 0 Å². The topological polar surface area (TPSA) is 36.4 Å². The summed E-state index contributed by atoms with van der Waals surface area (Å²) in [7, 11) is 0. The van der Waals surface area contributed by atoms with Crippen LogP contribution in [-0.2, 0) is 0 Å². The van der Waals surface area contributed by atoms with Gasteiger partial charge in [-0.15, -0.1) is 0 Å². The number of aliphatic imine (C=N–C) groups is 1. The molecule has 10 heavy (non-hydrogen) atoms. The average Bonchev–Trinajstić information content (AvgIpc) is 2.28. The Kier molecular flexibility index (Phi) is 1.29. The molecule has 0 amide bonds.